The van der Waals surface area contributed by atoms with Crippen molar-refractivity contribution in [3.8, 4) is 11.5 Å². The standard InChI is InChI=1S/C14H16N2O3S/c1-9(17)15-7-10-4-5-12(19-10)11-8-20-14(16-11)13-3-2-6-18-13/h4-5,8,13H,2-3,6-7H2,1H3,(H,15,17). The van der Waals surface area contributed by atoms with Gasteiger partial charge in [0, 0.05) is 18.9 Å². The van der Waals surface area contributed by atoms with Crippen LogP contribution in [0.1, 0.15) is 36.6 Å². The van der Waals surface area contributed by atoms with Crippen molar-refractivity contribution in [3.63, 3.8) is 0 Å². The van der Waals surface area contributed by atoms with E-state index in [1.807, 2.05) is 17.5 Å². The van der Waals surface area contributed by atoms with Crippen LogP contribution in [-0.4, -0.2) is 17.5 Å². The average molecular weight is 292 g/mol. The average Bonchev–Trinajstić information content (AvgIpc) is 3.15. The number of nitrogens with one attached hydrogen (secondary N) is 1. The van der Waals surface area contributed by atoms with Gasteiger partial charge >= 0.3 is 0 Å². The molecule has 1 atom stereocenters. The first kappa shape index (κ1) is 13.3. The van der Waals surface area contributed by atoms with Crippen molar-refractivity contribution in [1.29, 1.82) is 0 Å². The summed E-state index contributed by atoms with van der Waals surface area (Å²) in [6.07, 6.45) is 2.28. The number of thiazole rings is 1. The van der Waals surface area contributed by atoms with E-state index in [1.165, 1.54) is 6.92 Å². The van der Waals surface area contributed by atoms with E-state index in [9.17, 15) is 4.79 Å². The number of rotatable bonds is 4. The highest BCUT2D eigenvalue weighted by molar-refractivity contribution is 7.10. The third-order valence-corrected chi connectivity index (χ3v) is 4.09. The zero-order valence-corrected chi connectivity index (χ0v) is 12.0. The van der Waals surface area contributed by atoms with Gasteiger partial charge in [0.25, 0.3) is 0 Å². The Bertz CT molecular complexity index is 599. The summed E-state index contributed by atoms with van der Waals surface area (Å²) in [5, 5.41) is 5.70. The number of ether oxygens (including phenoxy) is 1. The Kier molecular flexibility index (Phi) is 3.84. The molecule has 1 aliphatic heterocycles. The number of carbonyl (C=O) groups is 1. The minimum Gasteiger partial charge on any atom is -0.458 e. The van der Waals surface area contributed by atoms with Gasteiger partial charge in [-0.15, -0.1) is 11.3 Å². The fourth-order valence-electron chi connectivity index (χ4n) is 2.14. The van der Waals surface area contributed by atoms with E-state index in [2.05, 4.69) is 10.3 Å². The van der Waals surface area contributed by atoms with Crippen LogP contribution in [0.15, 0.2) is 21.9 Å². The molecule has 20 heavy (non-hydrogen) atoms. The summed E-state index contributed by atoms with van der Waals surface area (Å²) in [4.78, 5) is 15.5. The molecule has 2 aromatic heterocycles. The molecule has 6 heteroatoms. The largest absolute Gasteiger partial charge is 0.458 e. The fraction of sp³-hybridized carbons (Fsp3) is 0.429. The molecule has 0 aliphatic carbocycles. The number of hydrogen-bond acceptors (Lipinski definition) is 5. The summed E-state index contributed by atoms with van der Waals surface area (Å²) in [5.74, 6) is 1.38. The molecule has 0 saturated carbocycles. The zero-order valence-electron chi connectivity index (χ0n) is 11.2. The van der Waals surface area contributed by atoms with Crippen LogP contribution >= 0.6 is 11.3 Å². The van der Waals surface area contributed by atoms with Crippen molar-refractivity contribution in [3.05, 3.63) is 28.3 Å². The zero-order chi connectivity index (χ0) is 13.9. The highest BCUT2D eigenvalue weighted by Gasteiger charge is 2.21. The van der Waals surface area contributed by atoms with Crippen molar-refractivity contribution in [2.24, 2.45) is 0 Å². The molecular weight excluding hydrogens is 276 g/mol. The first-order valence-corrected chi connectivity index (χ1v) is 7.51. The van der Waals surface area contributed by atoms with E-state index in [0.29, 0.717) is 6.54 Å². The quantitative estimate of drug-likeness (QED) is 0.941. The molecule has 106 valence electrons. The molecule has 0 spiro atoms. The van der Waals surface area contributed by atoms with Crippen LogP contribution in [0.2, 0.25) is 0 Å². The van der Waals surface area contributed by atoms with Crippen molar-refractivity contribution in [1.82, 2.24) is 10.3 Å². The van der Waals surface area contributed by atoms with Gasteiger partial charge in [0.05, 0.1) is 6.54 Å². The lowest BCUT2D eigenvalue weighted by atomic mass is 10.2. The Morgan fingerprint density at radius 3 is 3.20 bits per heavy atom. The van der Waals surface area contributed by atoms with Crippen LogP contribution < -0.4 is 5.32 Å². The van der Waals surface area contributed by atoms with Crippen LogP contribution in [0.4, 0.5) is 0 Å². The second kappa shape index (κ2) is 5.76. The van der Waals surface area contributed by atoms with Crippen LogP contribution in [0, 0.1) is 0 Å². The molecule has 1 aliphatic rings. The first-order valence-electron chi connectivity index (χ1n) is 6.63. The van der Waals surface area contributed by atoms with Crippen molar-refractivity contribution in [2.45, 2.75) is 32.4 Å². The van der Waals surface area contributed by atoms with Gasteiger partial charge in [-0.25, -0.2) is 4.98 Å². The van der Waals surface area contributed by atoms with Crippen molar-refractivity contribution < 1.29 is 13.9 Å². The smallest absolute Gasteiger partial charge is 0.217 e. The van der Waals surface area contributed by atoms with E-state index < -0.39 is 0 Å². The number of carbonyl (C=O) groups excluding carboxylic acids is 1. The van der Waals surface area contributed by atoms with Crippen molar-refractivity contribution >= 4 is 17.2 Å². The Labute approximate surface area is 121 Å². The summed E-state index contributed by atoms with van der Waals surface area (Å²) >= 11 is 1.60. The first-order chi connectivity index (χ1) is 9.72. The molecule has 1 unspecified atom stereocenters. The Morgan fingerprint density at radius 2 is 2.45 bits per heavy atom. The molecule has 1 amide bonds. The number of amides is 1. The highest BCUT2D eigenvalue weighted by Crippen LogP contribution is 2.33. The molecule has 0 bridgehead atoms. The van der Waals surface area contributed by atoms with Crippen LogP contribution in [0.25, 0.3) is 11.5 Å². The third-order valence-electron chi connectivity index (χ3n) is 3.15. The Balaban J connectivity index is 1.71. The van der Waals surface area contributed by atoms with Gasteiger partial charge in [-0.3, -0.25) is 4.79 Å². The molecule has 5 nitrogen and oxygen atoms in total. The van der Waals surface area contributed by atoms with Gasteiger partial charge in [-0.1, -0.05) is 0 Å². The molecule has 2 aromatic rings. The van der Waals surface area contributed by atoms with Gasteiger partial charge in [-0.2, -0.15) is 0 Å². The van der Waals surface area contributed by atoms with Crippen LogP contribution in [0.3, 0.4) is 0 Å². The maximum atomic E-state index is 10.9. The minimum absolute atomic E-state index is 0.0720. The second-order valence-corrected chi connectivity index (χ2v) is 5.64. The van der Waals surface area contributed by atoms with Crippen molar-refractivity contribution in [2.75, 3.05) is 6.61 Å². The second-order valence-electron chi connectivity index (χ2n) is 4.75. The van der Waals surface area contributed by atoms with E-state index in [0.717, 1.165) is 41.7 Å². The molecule has 1 saturated heterocycles. The summed E-state index contributed by atoms with van der Waals surface area (Å²) in [6, 6.07) is 3.74. The van der Waals surface area contributed by atoms with Gasteiger partial charge < -0.3 is 14.5 Å². The maximum Gasteiger partial charge on any atom is 0.217 e. The normalized spacial score (nSPS) is 18.4. The predicted molar refractivity (Wildman–Crippen MR) is 75.3 cm³/mol. The summed E-state index contributed by atoms with van der Waals surface area (Å²) < 4.78 is 11.3. The lowest BCUT2D eigenvalue weighted by molar-refractivity contribution is -0.119. The topological polar surface area (TPSA) is 64.4 Å². The number of furan rings is 1. The lowest BCUT2D eigenvalue weighted by Gasteiger charge is -2.03. The van der Waals surface area contributed by atoms with E-state index in [1.54, 1.807) is 11.3 Å². The predicted octanol–water partition coefficient (Wildman–Crippen LogP) is 2.89. The van der Waals surface area contributed by atoms with Gasteiger partial charge in [-0.05, 0) is 25.0 Å². The third kappa shape index (κ3) is 2.91. The van der Waals surface area contributed by atoms with Crippen LogP contribution in [-0.2, 0) is 16.1 Å². The molecule has 1 fully saturated rings. The summed E-state index contributed by atoms with van der Waals surface area (Å²) in [5.41, 5.74) is 0.828. The monoisotopic (exact) mass is 292 g/mol. The minimum atomic E-state index is -0.0720. The number of hydrogen-bond donors (Lipinski definition) is 1. The number of aromatic nitrogens is 1. The summed E-state index contributed by atoms with van der Waals surface area (Å²) in [7, 11) is 0. The molecule has 0 radical (unpaired) electrons. The fourth-order valence-corrected chi connectivity index (χ4v) is 3.03. The lowest BCUT2D eigenvalue weighted by Crippen LogP contribution is -2.18. The maximum absolute atomic E-state index is 10.9. The van der Waals surface area contributed by atoms with Gasteiger partial charge in [0.2, 0.25) is 5.91 Å². The molecule has 3 rings (SSSR count). The highest BCUT2D eigenvalue weighted by atomic mass is 32.1. The number of nitrogens with zero attached hydrogens (tertiary/aromatic N) is 1. The Hall–Kier alpha value is -1.66. The van der Waals surface area contributed by atoms with E-state index in [4.69, 9.17) is 9.15 Å². The van der Waals surface area contributed by atoms with Gasteiger partial charge in [0.15, 0.2) is 5.76 Å². The molecule has 3 heterocycles. The van der Waals surface area contributed by atoms with E-state index >= 15 is 0 Å². The molecular formula is C14H16N2O3S. The van der Waals surface area contributed by atoms with E-state index in [-0.39, 0.29) is 12.0 Å². The molecule has 1 N–H and O–H groups in total. The van der Waals surface area contributed by atoms with Crippen LogP contribution in [0.5, 0.6) is 0 Å². The van der Waals surface area contributed by atoms with Gasteiger partial charge in [0.1, 0.15) is 22.6 Å². The summed E-state index contributed by atoms with van der Waals surface area (Å²) in [6.45, 7) is 2.71. The Morgan fingerprint density at radius 1 is 1.55 bits per heavy atom. The SMILES string of the molecule is CC(=O)NCc1ccc(-c2csc(C3CCCO3)n2)o1. The molecule has 0 aromatic carbocycles.